The van der Waals surface area contributed by atoms with Crippen LogP contribution < -0.4 is 10.6 Å². The Labute approximate surface area is 138 Å². The number of benzene rings is 2. The molecule has 3 rings (SSSR count). The number of aliphatic hydroxyl groups excluding tert-OH is 1. The molecule has 0 saturated heterocycles. The van der Waals surface area contributed by atoms with E-state index < -0.39 is 23.1 Å². The number of aryl methyl sites for hydroxylation is 1. The molecule has 0 fully saturated rings. The third-order valence-corrected chi connectivity index (χ3v) is 4.14. The van der Waals surface area contributed by atoms with E-state index in [-0.39, 0.29) is 5.69 Å². The van der Waals surface area contributed by atoms with Gasteiger partial charge in [-0.05, 0) is 30.2 Å². The van der Waals surface area contributed by atoms with E-state index in [0.29, 0.717) is 17.7 Å². The Morgan fingerprint density at radius 1 is 1.29 bits per heavy atom. The minimum Gasteiger partial charge on any atom is -0.390 e. The first-order chi connectivity index (χ1) is 11.5. The number of rotatable bonds is 3. The smallest absolute Gasteiger partial charge is 0.319 e. The molecule has 0 radical (unpaired) electrons. The summed E-state index contributed by atoms with van der Waals surface area (Å²) in [5.41, 5.74) is 2.84. The Morgan fingerprint density at radius 3 is 2.75 bits per heavy atom. The molecular weight excluding hydrogens is 310 g/mol. The summed E-state index contributed by atoms with van der Waals surface area (Å²) in [6.07, 6.45) is -0.177. The van der Waals surface area contributed by atoms with E-state index in [9.17, 15) is 20.0 Å². The molecule has 0 aliphatic heterocycles. The van der Waals surface area contributed by atoms with Gasteiger partial charge in [0.05, 0.1) is 17.1 Å². The van der Waals surface area contributed by atoms with E-state index in [1.54, 1.807) is 6.92 Å². The molecule has 24 heavy (non-hydrogen) atoms. The molecule has 3 N–H and O–H groups in total. The number of nitro groups is 1. The molecule has 2 aromatic carbocycles. The molecule has 2 unspecified atom stereocenters. The van der Waals surface area contributed by atoms with Gasteiger partial charge in [-0.3, -0.25) is 10.1 Å². The van der Waals surface area contributed by atoms with Gasteiger partial charge in [0, 0.05) is 23.7 Å². The van der Waals surface area contributed by atoms with Crippen molar-refractivity contribution < 1.29 is 14.8 Å². The van der Waals surface area contributed by atoms with Gasteiger partial charge >= 0.3 is 6.03 Å². The molecular formula is C17H17N3O4. The number of amides is 2. The van der Waals surface area contributed by atoms with Crippen LogP contribution in [-0.4, -0.2) is 22.2 Å². The van der Waals surface area contributed by atoms with E-state index >= 15 is 0 Å². The van der Waals surface area contributed by atoms with Gasteiger partial charge < -0.3 is 15.7 Å². The zero-order chi connectivity index (χ0) is 17.3. The lowest BCUT2D eigenvalue weighted by Gasteiger charge is -2.18. The Bertz CT molecular complexity index is 806. The van der Waals surface area contributed by atoms with Crippen LogP contribution in [0.25, 0.3) is 0 Å². The first-order valence-corrected chi connectivity index (χ1v) is 7.54. The van der Waals surface area contributed by atoms with Crippen molar-refractivity contribution in [2.45, 2.75) is 25.5 Å². The normalized spacial score (nSPS) is 18.8. The average molecular weight is 327 g/mol. The summed E-state index contributed by atoms with van der Waals surface area (Å²) < 4.78 is 0. The predicted octanol–water partition coefficient (Wildman–Crippen LogP) is 2.68. The first kappa shape index (κ1) is 15.9. The maximum absolute atomic E-state index is 12.2. The van der Waals surface area contributed by atoms with Crippen LogP contribution in [-0.2, 0) is 6.42 Å². The number of fused-ring (bicyclic) bond motifs is 1. The highest BCUT2D eigenvalue weighted by molar-refractivity contribution is 5.90. The second kappa shape index (κ2) is 6.29. The van der Waals surface area contributed by atoms with Crippen LogP contribution in [0, 0.1) is 17.0 Å². The lowest BCUT2D eigenvalue weighted by atomic mass is 10.1. The molecule has 7 heteroatoms. The van der Waals surface area contributed by atoms with Gasteiger partial charge in [-0.25, -0.2) is 4.79 Å². The molecule has 0 heterocycles. The maximum Gasteiger partial charge on any atom is 0.319 e. The number of anilines is 1. The highest BCUT2D eigenvalue weighted by atomic mass is 16.6. The number of carbonyl (C=O) groups is 1. The molecule has 2 atom stereocenters. The third-order valence-electron chi connectivity index (χ3n) is 4.14. The van der Waals surface area contributed by atoms with Crippen molar-refractivity contribution >= 4 is 17.4 Å². The third kappa shape index (κ3) is 3.07. The van der Waals surface area contributed by atoms with Gasteiger partial charge in [0.25, 0.3) is 5.69 Å². The fraction of sp³-hybridized carbons (Fsp3) is 0.235. The largest absolute Gasteiger partial charge is 0.390 e. The SMILES string of the molecule is Cc1cc(NC(=O)NC2c3ccccc3CC2O)ccc1[N+](=O)[O-]. The van der Waals surface area contributed by atoms with Crippen molar-refractivity contribution in [1.82, 2.24) is 5.32 Å². The zero-order valence-corrected chi connectivity index (χ0v) is 13.0. The summed E-state index contributed by atoms with van der Waals surface area (Å²) in [7, 11) is 0. The van der Waals surface area contributed by atoms with E-state index in [2.05, 4.69) is 10.6 Å². The number of urea groups is 1. The van der Waals surface area contributed by atoms with Gasteiger partial charge in [-0.1, -0.05) is 24.3 Å². The van der Waals surface area contributed by atoms with Gasteiger partial charge in [-0.2, -0.15) is 0 Å². The highest BCUT2D eigenvalue weighted by Gasteiger charge is 2.31. The second-order valence-corrected chi connectivity index (χ2v) is 5.80. The predicted molar refractivity (Wildman–Crippen MR) is 88.9 cm³/mol. The zero-order valence-electron chi connectivity index (χ0n) is 13.0. The van der Waals surface area contributed by atoms with Crippen molar-refractivity contribution in [3.63, 3.8) is 0 Å². The van der Waals surface area contributed by atoms with Crippen molar-refractivity contribution in [2.75, 3.05) is 5.32 Å². The fourth-order valence-corrected chi connectivity index (χ4v) is 2.99. The topological polar surface area (TPSA) is 104 Å². The number of nitrogens with zero attached hydrogens (tertiary/aromatic N) is 1. The minimum atomic E-state index is -0.674. The Balaban J connectivity index is 1.70. The van der Waals surface area contributed by atoms with Crippen LogP contribution in [0.2, 0.25) is 0 Å². The van der Waals surface area contributed by atoms with E-state index in [1.807, 2.05) is 24.3 Å². The Morgan fingerprint density at radius 2 is 2.04 bits per heavy atom. The van der Waals surface area contributed by atoms with Crippen LogP contribution in [0.1, 0.15) is 22.7 Å². The monoisotopic (exact) mass is 327 g/mol. The molecule has 0 bridgehead atoms. The van der Waals surface area contributed by atoms with Gasteiger partial charge in [-0.15, -0.1) is 0 Å². The van der Waals surface area contributed by atoms with Crippen LogP contribution in [0.4, 0.5) is 16.2 Å². The Hall–Kier alpha value is -2.93. The van der Waals surface area contributed by atoms with E-state index in [0.717, 1.165) is 11.1 Å². The maximum atomic E-state index is 12.2. The minimum absolute atomic E-state index is 0.00102. The van der Waals surface area contributed by atoms with Crippen LogP contribution >= 0.6 is 0 Å². The summed E-state index contributed by atoms with van der Waals surface area (Å²) in [6.45, 7) is 1.61. The summed E-state index contributed by atoms with van der Waals surface area (Å²) in [4.78, 5) is 22.5. The van der Waals surface area contributed by atoms with Crippen LogP contribution in [0.5, 0.6) is 0 Å². The summed E-state index contributed by atoms with van der Waals surface area (Å²) in [6, 6.07) is 11.0. The average Bonchev–Trinajstić information content (AvgIpc) is 2.83. The van der Waals surface area contributed by atoms with Crippen LogP contribution in [0.3, 0.4) is 0 Å². The fourth-order valence-electron chi connectivity index (χ4n) is 2.99. The lowest BCUT2D eigenvalue weighted by molar-refractivity contribution is -0.385. The second-order valence-electron chi connectivity index (χ2n) is 5.80. The summed E-state index contributed by atoms with van der Waals surface area (Å²) in [5, 5.41) is 26.4. The van der Waals surface area contributed by atoms with Gasteiger partial charge in [0.2, 0.25) is 0 Å². The quantitative estimate of drug-likeness (QED) is 0.595. The molecule has 124 valence electrons. The molecule has 0 saturated carbocycles. The standard InChI is InChI=1S/C17H17N3O4/c1-10-8-12(6-7-14(10)20(23)24)18-17(22)19-16-13-5-3-2-4-11(13)9-15(16)21/h2-8,15-16,21H,9H2,1H3,(H2,18,19,22). The summed E-state index contributed by atoms with van der Waals surface area (Å²) >= 11 is 0. The van der Waals surface area contributed by atoms with E-state index in [4.69, 9.17) is 0 Å². The number of hydrogen-bond acceptors (Lipinski definition) is 4. The number of nitrogens with one attached hydrogen (secondary N) is 2. The first-order valence-electron chi connectivity index (χ1n) is 7.54. The van der Waals surface area contributed by atoms with Crippen molar-refractivity contribution in [1.29, 1.82) is 0 Å². The molecule has 2 amide bonds. The highest BCUT2D eigenvalue weighted by Crippen LogP contribution is 2.31. The lowest BCUT2D eigenvalue weighted by Crippen LogP contribution is -2.36. The van der Waals surface area contributed by atoms with E-state index in [1.165, 1.54) is 18.2 Å². The Kier molecular flexibility index (Phi) is 4.18. The van der Waals surface area contributed by atoms with Crippen molar-refractivity contribution in [3.8, 4) is 0 Å². The number of aliphatic hydroxyl groups is 1. The number of nitro benzene ring substituents is 1. The van der Waals surface area contributed by atoms with Crippen molar-refractivity contribution in [2.24, 2.45) is 0 Å². The van der Waals surface area contributed by atoms with Crippen molar-refractivity contribution in [3.05, 3.63) is 69.3 Å². The number of hydrogen-bond donors (Lipinski definition) is 3. The molecule has 1 aliphatic carbocycles. The molecule has 2 aromatic rings. The molecule has 7 nitrogen and oxygen atoms in total. The molecule has 0 spiro atoms. The number of carbonyl (C=O) groups excluding carboxylic acids is 1. The van der Waals surface area contributed by atoms with Gasteiger partial charge in [0.15, 0.2) is 0 Å². The molecule has 1 aliphatic rings. The molecule has 0 aromatic heterocycles. The van der Waals surface area contributed by atoms with Gasteiger partial charge in [0.1, 0.15) is 0 Å². The summed E-state index contributed by atoms with van der Waals surface area (Å²) in [5.74, 6) is 0. The van der Waals surface area contributed by atoms with Crippen LogP contribution in [0.15, 0.2) is 42.5 Å².